The van der Waals surface area contributed by atoms with Crippen molar-refractivity contribution in [2.24, 2.45) is 0 Å². The Labute approximate surface area is 206 Å². The first-order valence-corrected chi connectivity index (χ1v) is 10.8. The maximum Gasteiger partial charge on any atom is 0.344 e. The van der Waals surface area contributed by atoms with Gasteiger partial charge in [-0.05, 0) is 37.4 Å². The molecule has 2 rings (SSSR count). The number of hydrogen-bond donors (Lipinski definition) is 0. The molecule has 11 heteroatoms. The Kier molecular flexibility index (Phi) is 10.7. The van der Waals surface area contributed by atoms with Crippen LogP contribution in [0.4, 0.5) is 0 Å². The first-order valence-electron chi connectivity index (χ1n) is 9.34. The van der Waals surface area contributed by atoms with Crippen molar-refractivity contribution in [1.29, 1.82) is 0 Å². The highest BCUT2D eigenvalue weighted by Crippen LogP contribution is 2.34. The van der Waals surface area contributed by atoms with Gasteiger partial charge < -0.3 is 18.9 Å². The Hall–Kier alpha value is -1.90. The number of hydrogen-bond acceptors (Lipinski definition) is 7. The quantitative estimate of drug-likeness (QED) is 0.382. The monoisotopic (exact) mass is 523 g/mol. The van der Waals surface area contributed by atoms with Crippen molar-refractivity contribution in [2.45, 2.75) is 0 Å². The van der Waals surface area contributed by atoms with E-state index in [2.05, 4.69) is 0 Å². The molecule has 32 heavy (non-hydrogen) atoms. The molecule has 7 nitrogen and oxygen atoms in total. The number of nitrogens with zero attached hydrogens (tertiary/aromatic N) is 1. The molecule has 0 amide bonds. The van der Waals surface area contributed by atoms with E-state index in [9.17, 15) is 9.59 Å². The minimum Gasteiger partial charge on any atom is -0.494 e. The molecule has 0 bridgehead atoms. The number of benzene rings is 2. The van der Waals surface area contributed by atoms with E-state index < -0.39 is 11.9 Å². The predicted molar refractivity (Wildman–Crippen MR) is 124 cm³/mol. The highest BCUT2D eigenvalue weighted by Gasteiger charge is 2.21. The second kappa shape index (κ2) is 13.0. The summed E-state index contributed by atoms with van der Waals surface area (Å²) in [5, 5.41) is 1.20. The van der Waals surface area contributed by atoms with Crippen molar-refractivity contribution in [1.82, 2.24) is 4.90 Å². The van der Waals surface area contributed by atoms with Crippen LogP contribution >= 0.6 is 46.4 Å². The molecular weight excluding hydrogens is 504 g/mol. The summed E-state index contributed by atoms with van der Waals surface area (Å²) in [5.74, 6) is -0.694. The molecule has 0 N–H and O–H groups in total. The molecule has 0 radical (unpaired) electrons. The molecule has 0 saturated heterocycles. The van der Waals surface area contributed by atoms with Crippen LogP contribution in [0, 0.1) is 0 Å². The lowest BCUT2D eigenvalue weighted by atomic mass is 10.2. The fourth-order valence-electron chi connectivity index (χ4n) is 2.49. The van der Waals surface area contributed by atoms with Crippen molar-refractivity contribution in [3.05, 3.63) is 56.0 Å². The highest BCUT2D eigenvalue weighted by atomic mass is 35.5. The molecule has 2 aromatic rings. The number of esters is 2. The Morgan fingerprint density at radius 2 is 1.56 bits per heavy atom. The number of halogens is 4. The van der Waals surface area contributed by atoms with E-state index in [1.54, 1.807) is 19.2 Å². The molecule has 0 spiro atoms. The normalized spacial score (nSPS) is 10.7. The fraction of sp³-hybridized carbons (Fsp3) is 0.333. The zero-order chi connectivity index (χ0) is 23.7. The van der Waals surface area contributed by atoms with Gasteiger partial charge in [0.2, 0.25) is 0 Å². The van der Waals surface area contributed by atoms with Crippen molar-refractivity contribution >= 4 is 58.3 Å². The van der Waals surface area contributed by atoms with Gasteiger partial charge in [0.05, 0.1) is 22.2 Å². The van der Waals surface area contributed by atoms with E-state index in [4.69, 9.17) is 65.4 Å². The van der Waals surface area contributed by atoms with Gasteiger partial charge in [-0.25, -0.2) is 9.59 Å². The summed E-state index contributed by atoms with van der Waals surface area (Å²) in [6.45, 7) is 0.764. The van der Waals surface area contributed by atoms with E-state index in [0.717, 1.165) is 0 Å². The van der Waals surface area contributed by atoms with Crippen LogP contribution in [-0.2, 0) is 14.3 Å². The van der Waals surface area contributed by atoms with Crippen molar-refractivity contribution < 1.29 is 28.5 Å². The van der Waals surface area contributed by atoms with Crippen molar-refractivity contribution in [3.63, 3.8) is 0 Å². The first-order chi connectivity index (χ1) is 15.2. The number of likely N-dealkylation sites (N-methyl/N-ethyl adjacent to an activating group) is 1. The summed E-state index contributed by atoms with van der Waals surface area (Å²) in [5.41, 5.74) is 0.0686. The molecule has 0 aliphatic carbocycles. The lowest BCUT2D eigenvalue weighted by molar-refractivity contribution is -0.146. The number of methoxy groups -OCH3 is 1. The maximum absolute atomic E-state index is 12.3. The third kappa shape index (κ3) is 7.90. The summed E-state index contributed by atoms with van der Waals surface area (Å²) in [6, 6.07) is 7.71. The second-order valence-corrected chi connectivity index (χ2v) is 8.12. The standard InChI is InChI=1S/C21H21Cl4NO6/c1-26(7-9-30-18(27)12-32-17-6-3-13(22)11-16(17)25)8-10-31-21(28)19-14(23)4-5-15(24)20(19)29-2/h3-6,11H,7-10,12H2,1-2H3. The summed E-state index contributed by atoms with van der Waals surface area (Å²) in [4.78, 5) is 26.0. The average Bonchev–Trinajstić information content (AvgIpc) is 2.74. The molecule has 0 heterocycles. The van der Waals surface area contributed by atoms with Gasteiger partial charge >= 0.3 is 11.9 Å². The van der Waals surface area contributed by atoms with Gasteiger partial charge in [-0.15, -0.1) is 0 Å². The van der Waals surface area contributed by atoms with Crippen LogP contribution in [0.15, 0.2) is 30.3 Å². The number of carbonyl (C=O) groups excluding carboxylic acids is 2. The van der Waals surface area contributed by atoms with Gasteiger partial charge in [-0.3, -0.25) is 4.90 Å². The summed E-state index contributed by atoms with van der Waals surface area (Å²) in [6.07, 6.45) is 0. The maximum atomic E-state index is 12.3. The molecule has 0 saturated carbocycles. The zero-order valence-electron chi connectivity index (χ0n) is 17.3. The van der Waals surface area contributed by atoms with E-state index in [-0.39, 0.29) is 41.2 Å². The van der Waals surface area contributed by atoms with Gasteiger partial charge in [0.25, 0.3) is 0 Å². The van der Waals surface area contributed by atoms with E-state index in [0.29, 0.717) is 28.9 Å². The molecule has 0 aliphatic heterocycles. The zero-order valence-corrected chi connectivity index (χ0v) is 20.4. The molecule has 0 unspecified atom stereocenters. The molecule has 2 aromatic carbocycles. The molecule has 0 fully saturated rings. The van der Waals surface area contributed by atoms with Crippen molar-refractivity contribution in [2.75, 3.05) is 47.1 Å². The summed E-state index contributed by atoms with van der Waals surface area (Å²) < 4.78 is 20.8. The van der Waals surface area contributed by atoms with Crippen LogP contribution in [0.5, 0.6) is 11.5 Å². The van der Waals surface area contributed by atoms with Crippen LogP contribution < -0.4 is 9.47 Å². The Morgan fingerprint density at radius 1 is 0.906 bits per heavy atom. The number of ether oxygens (including phenoxy) is 4. The van der Waals surface area contributed by atoms with Crippen LogP contribution in [0.25, 0.3) is 0 Å². The van der Waals surface area contributed by atoms with Gasteiger partial charge in [0.15, 0.2) is 12.4 Å². The third-order valence-electron chi connectivity index (χ3n) is 4.15. The minimum absolute atomic E-state index is 0.0686. The fourth-order valence-corrected chi connectivity index (χ4v) is 3.41. The van der Waals surface area contributed by atoms with E-state index in [1.807, 2.05) is 4.90 Å². The smallest absolute Gasteiger partial charge is 0.344 e. The third-order valence-corrected chi connectivity index (χ3v) is 5.29. The van der Waals surface area contributed by atoms with E-state index in [1.165, 1.54) is 25.3 Å². The molecule has 0 aromatic heterocycles. The number of carbonyl (C=O) groups is 2. The number of rotatable bonds is 11. The summed E-state index contributed by atoms with van der Waals surface area (Å²) >= 11 is 23.9. The Balaban J connectivity index is 1.68. The van der Waals surface area contributed by atoms with Gasteiger partial charge in [0, 0.05) is 18.1 Å². The van der Waals surface area contributed by atoms with Gasteiger partial charge in [-0.1, -0.05) is 46.4 Å². The van der Waals surface area contributed by atoms with Crippen LogP contribution in [0.3, 0.4) is 0 Å². The lowest BCUT2D eigenvalue weighted by Crippen LogP contribution is -2.29. The minimum atomic E-state index is -0.646. The van der Waals surface area contributed by atoms with Crippen molar-refractivity contribution in [3.8, 4) is 11.5 Å². The van der Waals surface area contributed by atoms with Crippen LogP contribution in [0.1, 0.15) is 10.4 Å². The molecule has 0 aliphatic rings. The lowest BCUT2D eigenvalue weighted by Gasteiger charge is -2.17. The largest absolute Gasteiger partial charge is 0.494 e. The Bertz CT molecular complexity index is 956. The Morgan fingerprint density at radius 3 is 2.22 bits per heavy atom. The average molecular weight is 525 g/mol. The summed E-state index contributed by atoms with van der Waals surface area (Å²) in [7, 11) is 3.18. The second-order valence-electron chi connectivity index (χ2n) is 6.46. The topological polar surface area (TPSA) is 74.3 Å². The molecule has 0 atom stereocenters. The first kappa shape index (κ1) is 26.4. The highest BCUT2D eigenvalue weighted by molar-refractivity contribution is 6.37. The van der Waals surface area contributed by atoms with Crippen LogP contribution in [-0.4, -0.2) is 63.9 Å². The SMILES string of the molecule is COc1c(Cl)ccc(Cl)c1C(=O)OCCN(C)CCOC(=O)COc1ccc(Cl)cc1Cl. The van der Waals surface area contributed by atoms with Gasteiger partial charge in [0.1, 0.15) is 24.5 Å². The van der Waals surface area contributed by atoms with Crippen LogP contribution in [0.2, 0.25) is 20.1 Å². The molecular formula is C21H21Cl4NO6. The predicted octanol–water partition coefficient (Wildman–Crippen LogP) is 5.02. The molecule has 174 valence electrons. The van der Waals surface area contributed by atoms with E-state index >= 15 is 0 Å². The van der Waals surface area contributed by atoms with Gasteiger partial charge in [-0.2, -0.15) is 0 Å².